The summed E-state index contributed by atoms with van der Waals surface area (Å²) in [4.78, 5) is 7.77. The zero-order chi connectivity index (χ0) is 25.3. The molecule has 2 aliphatic rings. The lowest BCUT2D eigenvalue weighted by Gasteiger charge is -2.29. The van der Waals surface area contributed by atoms with Crippen LogP contribution in [0.3, 0.4) is 0 Å². The van der Waals surface area contributed by atoms with Crippen molar-refractivity contribution < 1.29 is 13.2 Å². The van der Waals surface area contributed by atoms with Crippen molar-refractivity contribution in [1.29, 1.82) is 5.26 Å². The molecule has 5 rings (SSSR count). The highest BCUT2D eigenvalue weighted by molar-refractivity contribution is 7.90. The summed E-state index contributed by atoms with van der Waals surface area (Å²) in [6.45, 7) is 6.36. The van der Waals surface area contributed by atoms with Crippen LogP contribution in [0, 0.1) is 11.3 Å². The quantitative estimate of drug-likeness (QED) is 0.419. The first-order valence-corrected chi connectivity index (χ1v) is 14.6. The van der Waals surface area contributed by atoms with Crippen LogP contribution >= 0.6 is 11.3 Å². The Bertz CT molecular complexity index is 1460. The Kier molecular flexibility index (Phi) is 6.93. The smallest absolute Gasteiger partial charge is 0.254 e. The van der Waals surface area contributed by atoms with Crippen LogP contribution in [0.1, 0.15) is 43.4 Å². The van der Waals surface area contributed by atoms with E-state index in [2.05, 4.69) is 26.4 Å². The third-order valence-corrected chi connectivity index (χ3v) is 8.72. The average molecular weight is 521 g/mol. The van der Waals surface area contributed by atoms with E-state index in [0.29, 0.717) is 30.0 Å². The summed E-state index contributed by atoms with van der Waals surface area (Å²) in [5, 5.41) is 10.4. The van der Waals surface area contributed by atoms with Gasteiger partial charge in [-0.05, 0) is 75.5 Å². The number of nitrogens with zero attached hydrogens (tertiary/aromatic N) is 4. The number of fused-ring (bicyclic) bond motifs is 1. The molecule has 2 heterocycles. The zero-order valence-electron chi connectivity index (χ0n) is 20.4. The van der Waals surface area contributed by atoms with Crippen LogP contribution in [-0.4, -0.2) is 55.5 Å². The number of hydrogen-bond donors (Lipinski definition) is 0. The Balaban J connectivity index is 1.40. The summed E-state index contributed by atoms with van der Waals surface area (Å²) in [5.74, 6) is 0.635. The number of hydrogen-bond acceptors (Lipinski definition) is 7. The third kappa shape index (κ3) is 5.21. The van der Waals surface area contributed by atoms with Crippen molar-refractivity contribution in [3.8, 4) is 32.8 Å². The van der Waals surface area contributed by atoms with E-state index in [1.165, 1.54) is 0 Å². The first-order valence-electron chi connectivity index (χ1n) is 12.2. The van der Waals surface area contributed by atoms with Gasteiger partial charge < -0.3 is 9.64 Å². The Hall–Kier alpha value is -3.06. The van der Waals surface area contributed by atoms with Crippen molar-refractivity contribution in [2.24, 2.45) is 4.40 Å². The molecule has 3 aromatic rings. The maximum absolute atomic E-state index is 12.6. The Morgan fingerprint density at radius 1 is 1.19 bits per heavy atom. The predicted octanol–water partition coefficient (Wildman–Crippen LogP) is 4.91. The molecule has 1 aromatic heterocycles. The summed E-state index contributed by atoms with van der Waals surface area (Å²) in [7, 11) is -3.51. The van der Waals surface area contributed by atoms with Gasteiger partial charge in [-0.3, -0.25) is 0 Å². The minimum atomic E-state index is -3.51. The fourth-order valence-corrected chi connectivity index (χ4v) is 6.60. The summed E-state index contributed by atoms with van der Waals surface area (Å²) in [5.41, 5.74) is 5.08. The monoisotopic (exact) mass is 520 g/mol. The van der Waals surface area contributed by atoms with Crippen LogP contribution in [0.2, 0.25) is 0 Å². The molecule has 2 aromatic carbocycles. The second-order valence-electron chi connectivity index (χ2n) is 9.37. The third-order valence-electron chi connectivity index (χ3n) is 6.44. The molecular weight excluding hydrogens is 492 g/mol. The molecule has 0 bridgehead atoms. The highest BCUT2D eigenvalue weighted by Crippen LogP contribution is 2.38. The van der Waals surface area contributed by atoms with Crippen LogP contribution in [0.15, 0.2) is 47.0 Å². The fraction of sp³-hybridized carbons (Fsp3) is 0.370. The summed E-state index contributed by atoms with van der Waals surface area (Å²) >= 11 is 1.55. The number of ether oxygens (including phenoxy) is 1. The zero-order valence-corrected chi connectivity index (χ0v) is 22.0. The maximum Gasteiger partial charge on any atom is 0.254 e. The number of nitriles is 1. The average Bonchev–Trinajstić information content (AvgIpc) is 3.45. The predicted molar refractivity (Wildman–Crippen MR) is 143 cm³/mol. The summed E-state index contributed by atoms with van der Waals surface area (Å²) in [6, 6.07) is 13.7. The van der Waals surface area contributed by atoms with Gasteiger partial charge in [0.15, 0.2) is 0 Å². The maximum atomic E-state index is 12.6. The lowest BCUT2D eigenvalue weighted by atomic mass is 10.0. The minimum Gasteiger partial charge on any atom is -0.490 e. The second kappa shape index (κ2) is 10.1. The van der Waals surface area contributed by atoms with Gasteiger partial charge in [-0.1, -0.05) is 18.2 Å². The Morgan fingerprint density at radius 3 is 2.72 bits per heavy atom. The molecule has 36 heavy (non-hydrogen) atoms. The van der Waals surface area contributed by atoms with E-state index in [1.807, 2.05) is 50.4 Å². The van der Waals surface area contributed by atoms with Gasteiger partial charge in [0.05, 0.1) is 28.0 Å². The largest absolute Gasteiger partial charge is 0.490 e. The highest BCUT2D eigenvalue weighted by atomic mass is 32.2. The van der Waals surface area contributed by atoms with Crippen LogP contribution < -0.4 is 4.74 Å². The van der Waals surface area contributed by atoms with Crippen molar-refractivity contribution in [2.45, 2.75) is 39.2 Å². The Morgan fingerprint density at radius 2 is 2.00 bits per heavy atom. The molecule has 0 unspecified atom stereocenters. The molecule has 9 heteroatoms. The normalized spacial score (nSPS) is 16.7. The summed E-state index contributed by atoms with van der Waals surface area (Å²) < 4.78 is 35.2. The van der Waals surface area contributed by atoms with E-state index in [-0.39, 0.29) is 11.9 Å². The molecule has 1 aliphatic carbocycles. The van der Waals surface area contributed by atoms with Crippen molar-refractivity contribution in [3.05, 3.63) is 59.3 Å². The standard InChI is InChI=1S/C27H28N4O3S2/c1-18(2)34-25-10-7-19(15-20(25)16-28)27-29-17-26(35-27)23-6-3-5-22-21(23)8-9-24(22)30-36(32,33)14-13-31-11-4-12-31/h3,5-7,10,15,17-18H,4,8-9,11-14H2,1-2H3/b30-24-. The Labute approximate surface area is 216 Å². The number of rotatable bonds is 8. The molecule has 1 aliphatic heterocycles. The van der Waals surface area contributed by atoms with Gasteiger partial charge in [-0.15, -0.1) is 11.3 Å². The molecule has 0 atom stereocenters. The van der Waals surface area contributed by atoms with Crippen molar-refractivity contribution in [3.63, 3.8) is 0 Å². The number of sulfonamides is 1. The van der Waals surface area contributed by atoms with Gasteiger partial charge in [0.1, 0.15) is 16.8 Å². The van der Waals surface area contributed by atoms with Gasteiger partial charge in [-0.25, -0.2) is 13.4 Å². The molecule has 1 fully saturated rings. The van der Waals surface area contributed by atoms with E-state index < -0.39 is 10.0 Å². The molecule has 0 spiro atoms. The van der Waals surface area contributed by atoms with Gasteiger partial charge >= 0.3 is 0 Å². The lowest BCUT2D eigenvalue weighted by Crippen LogP contribution is -2.40. The molecule has 186 valence electrons. The molecular formula is C27H28N4O3S2. The van der Waals surface area contributed by atoms with Crippen LogP contribution in [0.5, 0.6) is 5.75 Å². The minimum absolute atomic E-state index is 0.0152. The van der Waals surface area contributed by atoms with Gasteiger partial charge in [0, 0.05) is 23.9 Å². The van der Waals surface area contributed by atoms with Crippen LogP contribution in [0.4, 0.5) is 0 Å². The van der Waals surface area contributed by atoms with Gasteiger partial charge in [-0.2, -0.15) is 9.66 Å². The first-order chi connectivity index (χ1) is 17.3. The highest BCUT2D eigenvalue weighted by Gasteiger charge is 2.25. The van der Waals surface area contributed by atoms with E-state index in [4.69, 9.17) is 4.74 Å². The number of thiazole rings is 1. The molecule has 0 amide bonds. The van der Waals surface area contributed by atoms with Gasteiger partial charge in [0.2, 0.25) is 0 Å². The topological polar surface area (TPSA) is 95.7 Å². The van der Waals surface area contributed by atoms with Crippen LogP contribution in [-0.2, 0) is 16.4 Å². The van der Waals surface area contributed by atoms with Crippen molar-refractivity contribution >= 4 is 27.1 Å². The number of aromatic nitrogens is 1. The van der Waals surface area contributed by atoms with E-state index in [0.717, 1.165) is 58.1 Å². The molecule has 0 saturated carbocycles. The van der Waals surface area contributed by atoms with Crippen molar-refractivity contribution in [1.82, 2.24) is 9.88 Å². The first kappa shape index (κ1) is 24.6. The molecule has 0 N–H and O–H groups in total. The molecule has 7 nitrogen and oxygen atoms in total. The van der Waals surface area contributed by atoms with E-state index in [1.54, 1.807) is 11.3 Å². The number of likely N-dealkylation sites (tertiary alicyclic amines) is 1. The molecule has 0 radical (unpaired) electrons. The lowest BCUT2D eigenvalue weighted by molar-refractivity contribution is 0.193. The molecule has 1 saturated heterocycles. The van der Waals surface area contributed by atoms with E-state index in [9.17, 15) is 13.7 Å². The second-order valence-corrected chi connectivity index (χ2v) is 12.2. The summed E-state index contributed by atoms with van der Waals surface area (Å²) in [6.07, 6.45) is 4.34. The van der Waals surface area contributed by atoms with Crippen molar-refractivity contribution in [2.75, 3.05) is 25.4 Å². The SMILES string of the molecule is CC(C)Oc1ccc(-c2ncc(-c3cccc4c3CC/C4=N/S(=O)(=O)CCN3CCC3)s2)cc1C#N. The fourth-order valence-electron chi connectivity index (χ4n) is 4.53. The van der Waals surface area contributed by atoms with Crippen LogP contribution in [0.25, 0.3) is 21.0 Å². The van der Waals surface area contributed by atoms with E-state index >= 15 is 0 Å². The van der Waals surface area contributed by atoms with Gasteiger partial charge in [0.25, 0.3) is 10.0 Å². The number of benzene rings is 2.